The molecule has 0 unspecified atom stereocenters. The monoisotopic (exact) mass is 395 g/mol. The Balaban J connectivity index is 1.48. The largest absolute Gasteiger partial charge is 0.376 e. The molecule has 8 nitrogen and oxygen atoms in total. The minimum Gasteiger partial charge on any atom is -0.376 e. The van der Waals surface area contributed by atoms with Crippen LogP contribution >= 0.6 is 0 Å². The van der Waals surface area contributed by atoms with Gasteiger partial charge in [0.05, 0.1) is 6.10 Å². The summed E-state index contributed by atoms with van der Waals surface area (Å²) in [7, 11) is 0. The zero-order chi connectivity index (χ0) is 20.4. The third kappa shape index (κ3) is 4.22. The summed E-state index contributed by atoms with van der Waals surface area (Å²) in [5, 5.41) is 11.1. The van der Waals surface area contributed by atoms with Crippen molar-refractivity contribution in [1.29, 1.82) is 0 Å². The highest BCUT2D eigenvalue weighted by Crippen LogP contribution is 2.13. The van der Waals surface area contributed by atoms with Gasteiger partial charge in [-0.3, -0.25) is 18.6 Å². The Morgan fingerprint density at radius 2 is 2.00 bits per heavy atom. The maximum absolute atomic E-state index is 12.9. The Bertz CT molecular complexity index is 1080. The fraction of sp³-hybridized carbons (Fsp3) is 0.429. The molecule has 152 valence electrons. The van der Waals surface area contributed by atoms with E-state index < -0.39 is 0 Å². The number of aromatic nitrogens is 4. The van der Waals surface area contributed by atoms with Crippen LogP contribution < -0.4 is 10.9 Å². The maximum Gasteiger partial charge on any atom is 0.300 e. The van der Waals surface area contributed by atoms with Crippen LogP contribution in [0.2, 0.25) is 0 Å². The molecule has 4 rings (SSSR count). The highest BCUT2D eigenvalue weighted by Gasteiger charge is 2.17. The van der Waals surface area contributed by atoms with E-state index in [9.17, 15) is 9.59 Å². The van der Waals surface area contributed by atoms with Crippen molar-refractivity contribution in [3.63, 3.8) is 0 Å². The van der Waals surface area contributed by atoms with Crippen molar-refractivity contribution in [3.05, 3.63) is 57.9 Å². The Morgan fingerprint density at radius 3 is 2.72 bits per heavy atom. The van der Waals surface area contributed by atoms with E-state index in [0.717, 1.165) is 36.3 Å². The molecule has 1 aliphatic heterocycles. The Labute approximate surface area is 168 Å². The molecule has 3 aromatic rings. The highest BCUT2D eigenvalue weighted by atomic mass is 16.5. The molecule has 1 saturated heterocycles. The van der Waals surface area contributed by atoms with Crippen molar-refractivity contribution in [2.75, 3.05) is 13.2 Å². The quantitative estimate of drug-likeness (QED) is 0.686. The fourth-order valence-electron chi connectivity index (χ4n) is 3.75. The number of aryl methyl sites for hydroxylation is 3. The summed E-state index contributed by atoms with van der Waals surface area (Å²) in [5.74, 6) is 0.540. The number of nitrogens with one attached hydrogen (secondary N) is 1. The van der Waals surface area contributed by atoms with Crippen LogP contribution in [0.5, 0.6) is 0 Å². The first-order chi connectivity index (χ1) is 14.0. The molecule has 0 aliphatic carbocycles. The number of fused-ring (bicyclic) bond motifs is 1. The van der Waals surface area contributed by atoms with Gasteiger partial charge in [0, 0.05) is 44.1 Å². The lowest BCUT2D eigenvalue weighted by molar-refractivity contribution is -0.121. The van der Waals surface area contributed by atoms with Crippen molar-refractivity contribution >= 4 is 11.6 Å². The van der Waals surface area contributed by atoms with E-state index in [1.807, 2.05) is 26.0 Å². The van der Waals surface area contributed by atoms with E-state index in [-0.39, 0.29) is 29.6 Å². The number of benzene rings is 1. The molecule has 1 N–H and O–H groups in total. The molecule has 1 aliphatic rings. The van der Waals surface area contributed by atoms with E-state index >= 15 is 0 Å². The summed E-state index contributed by atoms with van der Waals surface area (Å²) in [6.45, 7) is 5.31. The Kier molecular flexibility index (Phi) is 5.44. The zero-order valence-electron chi connectivity index (χ0n) is 16.7. The van der Waals surface area contributed by atoms with E-state index in [1.54, 1.807) is 21.4 Å². The van der Waals surface area contributed by atoms with E-state index in [4.69, 9.17) is 4.74 Å². The van der Waals surface area contributed by atoms with Gasteiger partial charge >= 0.3 is 5.56 Å². The summed E-state index contributed by atoms with van der Waals surface area (Å²) >= 11 is 0. The fourth-order valence-corrected chi connectivity index (χ4v) is 3.75. The molecular formula is C21H25N5O3. The highest BCUT2D eigenvalue weighted by molar-refractivity contribution is 5.76. The van der Waals surface area contributed by atoms with Crippen LogP contribution in [-0.2, 0) is 16.0 Å². The third-order valence-corrected chi connectivity index (χ3v) is 5.15. The second-order valence-electron chi connectivity index (χ2n) is 7.57. The van der Waals surface area contributed by atoms with E-state index in [2.05, 4.69) is 21.6 Å². The number of hydrogen-bond acceptors (Lipinski definition) is 5. The van der Waals surface area contributed by atoms with Gasteiger partial charge in [-0.2, -0.15) is 0 Å². The lowest BCUT2D eigenvalue weighted by atomic mass is 10.1. The van der Waals surface area contributed by atoms with Gasteiger partial charge < -0.3 is 10.1 Å². The standard InChI is InChI=1S/C21H25N5O3/c1-14-10-15(2)12-16(11-14)25-7-8-26-18(23-24-20(26)21(25)28)5-6-19(27)22-13-17-4-3-9-29-17/h7-8,10-12,17H,3-6,9,13H2,1-2H3,(H,22,27)/t17-/m0/s1. The number of amides is 1. The lowest BCUT2D eigenvalue weighted by Crippen LogP contribution is -2.32. The SMILES string of the molecule is Cc1cc(C)cc(-n2ccn3c(CCC(=O)NC[C@@H]4CCCO4)nnc3c2=O)c1. The second-order valence-corrected chi connectivity index (χ2v) is 7.57. The summed E-state index contributed by atoms with van der Waals surface area (Å²) in [5.41, 5.74) is 2.99. The molecule has 0 spiro atoms. The maximum atomic E-state index is 12.9. The normalized spacial score (nSPS) is 16.4. The Morgan fingerprint density at radius 1 is 1.21 bits per heavy atom. The predicted molar refractivity (Wildman–Crippen MR) is 108 cm³/mol. The van der Waals surface area contributed by atoms with Crippen molar-refractivity contribution < 1.29 is 9.53 Å². The van der Waals surface area contributed by atoms with Crippen LogP contribution in [0.25, 0.3) is 11.3 Å². The van der Waals surface area contributed by atoms with E-state index in [0.29, 0.717) is 18.8 Å². The predicted octanol–water partition coefficient (Wildman–Crippen LogP) is 1.72. The summed E-state index contributed by atoms with van der Waals surface area (Å²) in [6.07, 6.45) is 6.34. The lowest BCUT2D eigenvalue weighted by Gasteiger charge is -2.10. The van der Waals surface area contributed by atoms with Gasteiger partial charge in [-0.05, 0) is 49.9 Å². The molecule has 2 aromatic heterocycles. The molecule has 29 heavy (non-hydrogen) atoms. The summed E-state index contributed by atoms with van der Waals surface area (Å²) in [6, 6.07) is 5.98. The van der Waals surface area contributed by atoms with Gasteiger partial charge in [-0.25, -0.2) is 0 Å². The van der Waals surface area contributed by atoms with Crippen LogP contribution in [-0.4, -0.2) is 44.3 Å². The molecule has 0 radical (unpaired) electrons. The molecule has 3 heterocycles. The zero-order valence-corrected chi connectivity index (χ0v) is 16.7. The minimum absolute atomic E-state index is 0.0548. The number of hydrogen-bond donors (Lipinski definition) is 1. The summed E-state index contributed by atoms with van der Waals surface area (Å²) < 4.78 is 8.74. The molecule has 1 fully saturated rings. The first-order valence-corrected chi connectivity index (χ1v) is 9.93. The third-order valence-electron chi connectivity index (χ3n) is 5.15. The average Bonchev–Trinajstić information content (AvgIpc) is 3.34. The van der Waals surface area contributed by atoms with Crippen molar-refractivity contribution in [2.45, 2.75) is 45.6 Å². The smallest absolute Gasteiger partial charge is 0.300 e. The van der Waals surface area contributed by atoms with E-state index in [1.165, 1.54) is 0 Å². The molecule has 1 amide bonds. The second kappa shape index (κ2) is 8.16. The molecule has 8 heteroatoms. The first-order valence-electron chi connectivity index (χ1n) is 9.93. The molecule has 1 atom stereocenters. The summed E-state index contributed by atoms with van der Waals surface area (Å²) in [4.78, 5) is 25.0. The van der Waals surface area contributed by atoms with Crippen molar-refractivity contribution in [1.82, 2.24) is 24.5 Å². The van der Waals surface area contributed by atoms with Gasteiger partial charge in [0.2, 0.25) is 11.6 Å². The van der Waals surface area contributed by atoms with Gasteiger partial charge in [0.1, 0.15) is 5.82 Å². The van der Waals surface area contributed by atoms with Gasteiger partial charge in [-0.15, -0.1) is 10.2 Å². The van der Waals surface area contributed by atoms with Gasteiger partial charge in [0.15, 0.2) is 0 Å². The molecule has 1 aromatic carbocycles. The van der Waals surface area contributed by atoms with Crippen LogP contribution in [0.4, 0.5) is 0 Å². The molecular weight excluding hydrogens is 370 g/mol. The van der Waals surface area contributed by atoms with Crippen molar-refractivity contribution in [3.8, 4) is 5.69 Å². The number of rotatable bonds is 6. The topological polar surface area (TPSA) is 90.5 Å². The Hall–Kier alpha value is -3.00. The van der Waals surface area contributed by atoms with Gasteiger partial charge in [-0.1, -0.05) is 6.07 Å². The number of carbonyl (C=O) groups is 1. The van der Waals surface area contributed by atoms with Crippen LogP contribution in [0.15, 0.2) is 35.4 Å². The first kappa shape index (κ1) is 19.3. The number of carbonyl (C=O) groups excluding carboxylic acids is 1. The number of ether oxygens (including phenoxy) is 1. The average molecular weight is 395 g/mol. The van der Waals surface area contributed by atoms with Crippen LogP contribution in [0, 0.1) is 13.8 Å². The van der Waals surface area contributed by atoms with Crippen LogP contribution in [0.3, 0.4) is 0 Å². The van der Waals surface area contributed by atoms with Crippen LogP contribution in [0.1, 0.15) is 36.2 Å². The van der Waals surface area contributed by atoms with Gasteiger partial charge in [0.25, 0.3) is 0 Å². The molecule has 0 bridgehead atoms. The minimum atomic E-state index is -0.237. The number of nitrogens with zero attached hydrogens (tertiary/aromatic N) is 4. The molecule has 0 saturated carbocycles. The van der Waals surface area contributed by atoms with Crippen molar-refractivity contribution in [2.24, 2.45) is 0 Å².